The number of hydrogen-bond donors (Lipinski definition) is 1. The summed E-state index contributed by atoms with van der Waals surface area (Å²) >= 11 is 0. The third-order valence-electron chi connectivity index (χ3n) is 2.86. The minimum absolute atomic E-state index is 0.162. The van der Waals surface area contributed by atoms with Gasteiger partial charge in [-0.1, -0.05) is 25.1 Å². The molecule has 0 aliphatic carbocycles. The van der Waals surface area contributed by atoms with Crippen molar-refractivity contribution >= 4 is 0 Å². The third-order valence-corrected chi connectivity index (χ3v) is 2.86. The van der Waals surface area contributed by atoms with Crippen LogP contribution in [0.3, 0.4) is 0 Å². The molecule has 0 radical (unpaired) electrons. The first-order valence-electron chi connectivity index (χ1n) is 5.35. The molecule has 1 N–H and O–H groups in total. The van der Waals surface area contributed by atoms with Crippen molar-refractivity contribution in [3.05, 3.63) is 42.0 Å². The van der Waals surface area contributed by atoms with Gasteiger partial charge in [-0.05, 0) is 18.1 Å². The molecule has 2 rings (SSSR count). The van der Waals surface area contributed by atoms with E-state index in [1.807, 2.05) is 18.2 Å². The quantitative estimate of drug-likeness (QED) is 0.767. The molecule has 0 aromatic heterocycles. The predicted molar refractivity (Wildman–Crippen MR) is 60.0 cm³/mol. The molecule has 0 saturated carbocycles. The molecule has 15 heavy (non-hydrogen) atoms. The van der Waals surface area contributed by atoms with Gasteiger partial charge >= 0.3 is 0 Å². The van der Waals surface area contributed by atoms with Gasteiger partial charge in [-0.15, -0.1) is 6.58 Å². The van der Waals surface area contributed by atoms with Crippen LogP contribution in [0.25, 0.3) is 0 Å². The van der Waals surface area contributed by atoms with Crippen LogP contribution in [0, 0.1) is 0 Å². The number of ether oxygens (including phenoxy) is 1. The molecule has 1 aromatic carbocycles. The Kier molecular flexibility index (Phi) is 2.78. The Morgan fingerprint density at radius 2 is 2.33 bits per heavy atom. The normalized spacial score (nSPS) is 23.3. The zero-order chi connectivity index (χ0) is 10.8. The molecule has 1 aromatic rings. The highest BCUT2D eigenvalue weighted by molar-refractivity contribution is 5.45. The Balaban J connectivity index is 2.36. The maximum Gasteiger partial charge on any atom is 0.132 e. The summed E-state index contributed by atoms with van der Waals surface area (Å²) in [5.74, 6) is 0.828. The topological polar surface area (TPSA) is 29.5 Å². The Labute approximate surface area is 90.2 Å². The molecule has 80 valence electrons. The lowest BCUT2D eigenvalue weighted by atomic mass is 9.98. The number of rotatable bonds is 3. The average Bonchev–Trinajstić information content (AvgIpc) is 2.57. The fourth-order valence-electron chi connectivity index (χ4n) is 2.09. The Hall–Kier alpha value is -1.28. The van der Waals surface area contributed by atoms with E-state index in [-0.39, 0.29) is 6.10 Å². The van der Waals surface area contributed by atoms with E-state index in [4.69, 9.17) is 4.74 Å². The van der Waals surface area contributed by atoms with Gasteiger partial charge in [0.1, 0.15) is 18.0 Å². The molecule has 0 spiro atoms. The number of aliphatic hydroxyl groups is 1. The highest BCUT2D eigenvalue weighted by Crippen LogP contribution is 2.40. The van der Waals surface area contributed by atoms with Crippen molar-refractivity contribution in [2.75, 3.05) is 0 Å². The van der Waals surface area contributed by atoms with Crippen molar-refractivity contribution in [1.82, 2.24) is 0 Å². The number of benzene rings is 1. The fourth-order valence-corrected chi connectivity index (χ4v) is 2.09. The van der Waals surface area contributed by atoms with Crippen molar-refractivity contribution in [2.45, 2.75) is 32.0 Å². The minimum atomic E-state index is -0.505. The van der Waals surface area contributed by atoms with Crippen LogP contribution in [-0.4, -0.2) is 11.2 Å². The van der Waals surface area contributed by atoms with E-state index >= 15 is 0 Å². The molecule has 0 fully saturated rings. The molecule has 0 unspecified atom stereocenters. The number of aryl methyl sites for hydroxylation is 1. The van der Waals surface area contributed by atoms with Crippen LogP contribution in [0.1, 0.15) is 30.6 Å². The fraction of sp³-hybridized carbons (Fsp3) is 0.385. The van der Waals surface area contributed by atoms with Crippen molar-refractivity contribution in [3.63, 3.8) is 0 Å². The van der Waals surface area contributed by atoms with Crippen LogP contribution in [0.2, 0.25) is 0 Å². The van der Waals surface area contributed by atoms with E-state index in [0.29, 0.717) is 6.42 Å². The summed E-state index contributed by atoms with van der Waals surface area (Å²) in [6, 6.07) is 5.93. The summed E-state index contributed by atoms with van der Waals surface area (Å²) in [5.41, 5.74) is 2.14. The molecule has 0 bridgehead atoms. The summed E-state index contributed by atoms with van der Waals surface area (Å²) in [6.07, 6.45) is 2.72. The highest BCUT2D eigenvalue weighted by atomic mass is 16.5. The smallest absolute Gasteiger partial charge is 0.132 e. The second kappa shape index (κ2) is 4.07. The second-order valence-corrected chi connectivity index (χ2v) is 3.81. The van der Waals surface area contributed by atoms with E-state index in [2.05, 4.69) is 13.5 Å². The van der Waals surface area contributed by atoms with Crippen molar-refractivity contribution < 1.29 is 9.84 Å². The van der Waals surface area contributed by atoms with Crippen LogP contribution >= 0.6 is 0 Å². The molecule has 1 heterocycles. The zero-order valence-electron chi connectivity index (χ0n) is 8.94. The van der Waals surface area contributed by atoms with Crippen molar-refractivity contribution in [2.24, 2.45) is 0 Å². The molecule has 2 atom stereocenters. The summed E-state index contributed by atoms with van der Waals surface area (Å²) in [5, 5.41) is 10.1. The molecule has 2 nitrogen and oxygen atoms in total. The first kappa shape index (κ1) is 10.2. The Morgan fingerprint density at radius 3 is 3.00 bits per heavy atom. The minimum Gasteiger partial charge on any atom is -0.487 e. The van der Waals surface area contributed by atoms with Crippen molar-refractivity contribution in [1.29, 1.82) is 0 Å². The molecule has 1 aliphatic heterocycles. The Morgan fingerprint density at radius 1 is 1.53 bits per heavy atom. The molecule has 0 saturated heterocycles. The lowest BCUT2D eigenvalue weighted by Crippen LogP contribution is -2.17. The summed E-state index contributed by atoms with van der Waals surface area (Å²) in [7, 11) is 0. The van der Waals surface area contributed by atoms with Crippen LogP contribution in [0.5, 0.6) is 5.75 Å². The predicted octanol–water partition coefficient (Wildman–Crippen LogP) is 2.62. The standard InChI is InChI=1S/C13H16O2/c1-3-6-11-13(14)12-9(4-2)7-5-8-10(12)15-11/h3,5,7-8,11,13-14H,1,4,6H2,2H3/t11-,13+/m0/s1. The maximum atomic E-state index is 10.1. The first-order valence-corrected chi connectivity index (χ1v) is 5.35. The summed E-state index contributed by atoms with van der Waals surface area (Å²) in [4.78, 5) is 0. The maximum absolute atomic E-state index is 10.1. The average molecular weight is 204 g/mol. The van der Waals surface area contributed by atoms with Gasteiger partial charge in [0.15, 0.2) is 0 Å². The largest absolute Gasteiger partial charge is 0.487 e. The Bertz CT molecular complexity index is 371. The highest BCUT2D eigenvalue weighted by Gasteiger charge is 2.33. The van der Waals surface area contributed by atoms with E-state index < -0.39 is 6.10 Å². The van der Waals surface area contributed by atoms with Crippen LogP contribution in [0.4, 0.5) is 0 Å². The molecule has 2 heteroatoms. The second-order valence-electron chi connectivity index (χ2n) is 3.81. The van der Waals surface area contributed by atoms with Gasteiger partial charge in [0, 0.05) is 12.0 Å². The summed E-state index contributed by atoms with van der Waals surface area (Å²) in [6.45, 7) is 5.76. The monoisotopic (exact) mass is 204 g/mol. The van der Waals surface area contributed by atoms with Gasteiger partial charge in [0.25, 0.3) is 0 Å². The number of aliphatic hydroxyl groups excluding tert-OH is 1. The van der Waals surface area contributed by atoms with E-state index in [0.717, 1.165) is 17.7 Å². The molecular formula is C13H16O2. The van der Waals surface area contributed by atoms with E-state index in [9.17, 15) is 5.11 Å². The first-order chi connectivity index (χ1) is 7.27. The van der Waals surface area contributed by atoms with Gasteiger partial charge in [-0.25, -0.2) is 0 Å². The van der Waals surface area contributed by atoms with Crippen LogP contribution < -0.4 is 4.74 Å². The molecule has 0 amide bonds. The summed E-state index contributed by atoms with van der Waals surface area (Å²) < 4.78 is 5.68. The van der Waals surface area contributed by atoms with E-state index in [1.54, 1.807) is 6.08 Å². The SMILES string of the molecule is C=CC[C@@H]1Oc2cccc(CC)c2[C@@H]1O. The van der Waals surface area contributed by atoms with E-state index in [1.165, 1.54) is 5.56 Å². The van der Waals surface area contributed by atoms with Crippen LogP contribution in [-0.2, 0) is 6.42 Å². The van der Waals surface area contributed by atoms with Gasteiger partial charge in [-0.3, -0.25) is 0 Å². The lowest BCUT2D eigenvalue weighted by Gasteiger charge is -2.12. The van der Waals surface area contributed by atoms with Gasteiger partial charge in [0.05, 0.1) is 0 Å². The number of fused-ring (bicyclic) bond motifs is 1. The molecule has 1 aliphatic rings. The van der Waals surface area contributed by atoms with Gasteiger partial charge in [-0.2, -0.15) is 0 Å². The van der Waals surface area contributed by atoms with Crippen molar-refractivity contribution in [3.8, 4) is 5.75 Å². The number of hydrogen-bond acceptors (Lipinski definition) is 2. The lowest BCUT2D eigenvalue weighted by molar-refractivity contribution is 0.0693. The van der Waals surface area contributed by atoms with Crippen LogP contribution in [0.15, 0.2) is 30.9 Å². The van der Waals surface area contributed by atoms with Gasteiger partial charge in [0.2, 0.25) is 0 Å². The van der Waals surface area contributed by atoms with Gasteiger partial charge < -0.3 is 9.84 Å². The third kappa shape index (κ3) is 1.65. The molecular weight excluding hydrogens is 188 g/mol. The zero-order valence-corrected chi connectivity index (χ0v) is 8.94.